The predicted octanol–water partition coefficient (Wildman–Crippen LogP) is 2.05. The van der Waals surface area contributed by atoms with Gasteiger partial charge in [-0.2, -0.15) is 0 Å². The minimum atomic E-state index is -0.0108. The predicted molar refractivity (Wildman–Crippen MR) is 76.3 cm³/mol. The van der Waals surface area contributed by atoms with Gasteiger partial charge in [0, 0.05) is 15.7 Å². The molecule has 0 atom stereocenters. The van der Waals surface area contributed by atoms with Crippen LogP contribution < -0.4 is 11.3 Å². The Bertz CT molecular complexity index is 628. The first-order valence-electron chi connectivity index (χ1n) is 5.81. The van der Waals surface area contributed by atoms with Crippen LogP contribution in [0.25, 0.3) is 5.69 Å². The molecule has 5 heteroatoms. The largest absolute Gasteiger partial charge is 0.330 e. The van der Waals surface area contributed by atoms with Crippen molar-refractivity contribution in [2.75, 3.05) is 6.54 Å². The number of aromatic amines is 1. The number of nitrogens with two attached hydrogens (primary N) is 1. The van der Waals surface area contributed by atoms with Crippen molar-refractivity contribution >= 4 is 15.9 Å². The molecule has 0 aliphatic carbocycles. The molecule has 0 bridgehead atoms. The molecule has 4 nitrogen and oxygen atoms in total. The summed E-state index contributed by atoms with van der Waals surface area (Å²) in [6, 6.07) is 5.83. The zero-order chi connectivity index (χ0) is 13.3. The summed E-state index contributed by atoms with van der Waals surface area (Å²) in [4.78, 5) is 12.3. The van der Waals surface area contributed by atoms with Crippen molar-refractivity contribution in [2.24, 2.45) is 5.73 Å². The SMILES string of the molecule is Cc1cc(Br)ccc1-n1[nH]c(C)c(CCN)c1=O. The van der Waals surface area contributed by atoms with Gasteiger partial charge in [0.2, 0.25) is 0 Å². The maximum atomic E-state index is 12.3. The molecule has 1 heterocycles. The van der Waals surface area contributed by atoms with Gasteiger partial charge in [-0.25, -0.2) is 4.68 Å². The highest BCUT2D eigenvalue weighted by atomic mass is 79.9. The van der Waals surface area contributed by atoms with Gasteiger partial charge in [0.1, 0.15) is 0 Å². The summed E-state index contributed by atoms with van der Waals surface area (Å²) in [7, 11) is 0. The molecule has 2 rings (SSSR count). The second-order valence-electron chi connectivity index (χ2n) is 4.33. The van der Waals surface area contributed by atoms with E-state index in [2.05, 4.69) is 21.0 Å². The molecular weight excluding hydrogens is 294 g/mol. The van der Waals surface area contributed by atoms with Crippen LogP contribution in [0, 0.1) is 13.8 Å². The standard InChI is InChI=1S/C13H16BrN3O/c1-8-7-10(14)3-4-12(8)17-13(18)11(5-6-15)9(2)16-17/h3-4,7,16H,5-6,15H2,1-2H3. The molecule has 96 valence electrons. The Kier molecular flexibility index (Phi) is 3.73. The number of hydrogen-bond donors (Lipinski definition) is 2. The summed E-state index contributed by atoms with van der Waals surface area (Å²) in [5, 5.41) is 3.11. The van der Waals surface area contributed by atoms with E-state index >= 15 is 0 Å². The van der Waals surface area contributed by atoms with Gasteiger partial charge in [-0.05, 0) is 50.6 Å². The number of aryl methyl sites for hydroxylation is 2. The number of halogens is 1. The van der Waals surface area contributed by atoms with E-state index in [1.807, 2.05) is 32.0 Å². The van der Waals surface area contributed by atoms with E-state index in [4.69, 9.17) is 5.73 Å². The Hall–Kier alpha value is -1.33. The minimum absolute atomic E-state index is 0.0108. The Morgan fingerprint density at radius 3 is 2.72 bits per heavy atom. The van der Waals surface area contributed by atoms with Crippen molar-refractivity contribution in [3.8, 4) is 5.69 Å². The second-order valence-corrected chi connectivity index (χ2v) is 5.24. The average molecular weight is 310 g/mol. The number of hydrogen-bond acceptors (Lipinski definition) is 2. The zero-order valence-corrected chi connectivity index (χ0v) is 12.0. The first-order valence-corrected chi connectivity index (χ1v) is 6.61. The van der Waals surface area contributed by atoms with E-state index in [1.165, 1.54) is 0 Å². The molecule has 1 aromatic carbocycles. The fourth-order valence-corrected chi connectivity index (χ4v) is 2.54. The number of aromatic nitrogens is 2. The topological polar surface area (TPSA) is 63.8 Å². The van der Waals surface area contributed by atoms with Crippen LogP contribution in [-0.4, -0.2) is 16.3 Å². The van der Waals surface area contributed by atoms with Gasteiger partial charge in [-0.15, -0.1) is 0 Å². The quantitative estimate of drug-likeness (QED) is 0.911. The third-order valence-electron chi connectivity index (χ3n) is 2.99. The average Bonchev–Trinajstić information content (AvgIpc) is 2.58. The third-order valence-corrected chi connectivity index (χ3v) is 3.48. The Balaban J connectivity index is 2.58. The molecule has 0 amide bonds. The lowest BCUT2D eigenvalue weighted by molar-refractivity contribution is 0.827. The van der Waals surface area contributed by atoms with Gasteiger partial charge in [0.15, 0.2) is 0 Å². The van der Waals surface area contributed by atoms with Gasteiger partial charge in [-0.1, -0.05) is 15.9 Å². The highest BCUT2D eigenvalue weighted by Crippen LogP contribution is 2.18. The Labute approximate surface area is 114 Å². The number of nitrogens with zero attached hydrogens (tertiary/aromatic N) is 1. The Morgan fingerprint density at radius 1 is 1.39 bits per heavy atom. The smallest absolute Gasteiger partial charge is 0.274 e. The van der Waals surface area contributed by atoms with Crippen LogP contribution in [0.15, 0.2) is 27.5 Å². The maximum Gasteiger partial charge on any atom is 0.274 e. The highest BCUT2D eigenvalue weighted by molar-refractivity contribution is 9.10. The molecule has 2 aromatic rings. The van der Waals surface area contributed by atoms with E-state index in [0.29, 0.717) is 13.0 Å². The van der Waals surface area contributed by atoms with Gasteiger partial charge < -0.3 is 5.73 Å². The summed E-state index contributed by atoms with van der Waals surface area (Å²) in [5.74, 6) is 0. The fraction of sp³-hybridized carbons (Fsp3) is 0.308. The molecular formula is C13H16BrN3O. The van der Waals surface area contributed by atoms with E-state index in [-0.39, 0.29) is 5.56 Å². The zero-order valence-electron chi connectivity index (χ0n) is 10.5. The third kappa shape index (κ3) is 2.28. The number of rotatable bonds is 3. The molecule has 0 fully saturated rings. The van der Waals surface area contributed by atoms with Crippen molar-refractivity contribution in [1.29, 1.82) is 0 Å². The van der Waals surface area contributed by atoms with Crippen LogP contribution in [0.3, 0.4) is 0 Å². The second kappa shape index (κ2) is 5.12. The highest BCUT2D eigenvalue weighted by Gasteiger charge is 2.12. The first-order chi connectivity index (χ1) is 8.54. The summed E-state index contributed by atoms with van der Waals surface area (Å²) in [6.45, 7) is 4.36. The van der Waals surface area contributed by atoms with E-state index in [9.17, 15) is 4.79 Å². The number of H-pyrrole nitrogens is 1. The molecule has 0 unspecified atom stereocenters. The molecule has 3 N–H and O–H groups in total. The van der Waals surface area contributed by atoms with Crippen molar-refractivity contribution in [3.63, 3.8) is 0 Å². The lowest BCUT2D eigenvalue weighted by atomic mass is 10.2. The van der Waals surface area contributed by atoms with Crippen LogP contribution in [0.2, 0.25) is 0 Å². The molecule has 18 heavy (non-hydrogen) atoms. The monoisotopic (exact) mass is 309 g/mol. The molecule has 0 spiro atoms. The lowest BCUT2D eigenvalue weighted by Gasteiger charge is -2.06. The fourth-order valence-electron chi connectivity index (χ4n) is 2.06. The van der Waals surface area contributed by atoms with Gasteiger partial charge in [0.05, 0.1) is 5.69 Å². The minimum Gasteiger partial charge on any atom is -0.330 e. The summed E-state index contributed by atoms with van der Waals surface area (Å²) >= 11 is 3.42. The van der Waals surface area contributed by atoms with E-state index in [1.54, 1.807) is 4.68 Å². The van der Waals surface area contributed by atoms with Crippen molar-refractivity contribution in [2.45, 2.75) is 20.3 Å². The molecule has 0 radical (unpaired) electrons. The number of nitrogens with one attached hydrogen (secondary N) is 1. The molecule has 0 aliphatic heterocycles. The first kappa shape index (κ1) is 13.1. The van der Waals surface area contributed by atoms with Gasteiger partial charge in [0.25, 0.3) is 5.56 Å². The number of benzene rings is 1. The van der Waals surface area contributed by atoms with E-state index < -0.39 is 0 Å². The van der Waals surface area contributed by atoms with Crippen molar-refractivity contribution in [1.82, 2.24) is 9.78 Å². The van der Waals surface area contributed by atoms with Gasteiger partial charge >= 0.3 is 0 Å². The normalized spacial score (nSPS) is 10.9. The van der Waals surface area contributed by atoms with Gasteiger partial charge in [-0.3, -0.25) is 9.89 Å². The van der Waals surface area contributed by atoms with Crippen molar-refractivity contribution in [3.05, 3.63) is 49.8 Å². The maximum absolute atomic E-state index is 12.3. The Morgan fingerprint density at radius 2 is 2.11 bits per heavy atom. The molecule has 0 aliphatic rings. The summed E-state index contributed by atoms with van der Waals surface area (Å²) in [5.41, 5.74) is 9.07. The van der Waals surface area contributed by atoms with Crippen LogP contribution in [0.4, 0.5) is 0 Å². The van der Waals surface area contributed by atoms with Crippen LogP contribution in [0.5, 0.6) is 0 Å². The van der Waals surface area contributed by atoms with Crippen LogP contribution >= 0.6 is 15.9 Å². The summed E-state index contributed by atoms with van der Waals surface area (Å²) in [6.07, 6.45) is 0.601. The molecule has 1 aromatic heterocycles. The van der Waals surface area contributed by atoms with Crippen molar-refractivity contribution < 1.29 is 0 Å². The van der Waals surface area contributed by atoms with Crippen LogP contribution in [0.1, 0.15) is 16.8 Å². The lowest BCUT2D eigenvalue weighted by Crippen LogP contribution is -2.20. The summed E-state index contributed by atoms with van der Waals surface area (Å²) < 4.78 is 2.59. The molecule has 0 saturated heterocycles. The molecule has 0 saturated carbocycles. The van der Waals surface area contributed by atoms with Crippen LogP contribution in [-0.2, 0) is 6.42 Å². The van der Waals surface area contributed by atoms with E-state index in [0.717, 1.165) is 27.0 Å².